The van der Waals surface area contributed by atoms with Gasteiger partial charge in [-0.1, -0.05) is 24.3 Å². The first-order valence-corrected chi connectivity index (χ1v) is 8.54. The maximum absolute atomic E-state index is 11.5. The van der Waals surface area contributed by atoms with E-state index in [1.54, 1.807) is 13.1 Å². The van der Waals surface area contributed by atoms with Gasteiger partial charge in [0, 0.05) is 51.1 Å². The molecule has 1 aliphatic heterocycles. The van der Waals surface area contributed by atoms with Gasteiger partial charge in [-0.15, -0.1) is 0 Å². The Morgan fingerprint density at radius 1 is 1.12 bits per heavy atom. The number of carbonyl (C=O) groups excluding carboxylic acids is 1. The molecular formula is C19H21N5O. The molecule has 6 nitrogen and oxygen atoms in total. The predicted molar refractivity (Wildman–Crippen MR) is 97.6 cm³/mol. The van der Waals surface area contributed by atoms with E-state index in [1.807, 2.05) is 27.7 Å². The number of nitrogens with zero attached hydrogens (tertiary/aromatic N) is 5. The summed E-state index contributed by atoms with van der Waals surface area (Å²) in [6, 6.07) is 10.4. The van der Waals surface area contributed by atoms with Crippen molar-refractivity contribution in [2.75, 3.05) is 31.1 Å². The number of aromatic nitrogens is 3. The lowest BCUT2D eigenvalue weighted by molar-refractivity contribution is -0.129. The van der Waals surface area contributed by atoms with Crippen molar-refractivity contribution in [1.29, 1.82) is 0 Å². The fraction of sp³-hybridized carbons (Fsp3) is 0.316. The van der Waals surface area contributed by atoms with Crippen LogP contribution >= 0.6 is 0 Å². The molecule has 1 amide bonds. The highest BCUT2D eigenvalue weighted by Gasteiger charge is 2.22. The van der Waals surface area contributed by atoms with E-state index in [1.165, 1.54) is 5.56 Å². The number of fused-ring (bicyclic) bond motifs is 1. The van der Waals surface area contributed by atoms with Gasteiger partial charge < -0.3 is 9.80 Å². The summed E-state index contributed by atoms with van der Waals surface area (Å²) < 4.78 is 1.89. The zero-order chi connectivity index (χ0) is 17.4. The Hall–Kier alpha value is -2.89. The van der Waals surface area contributed by atoms with E-state index in [0.29, 0.717) is 0 Å². The molecule has 0 saturated carbocycles. The molecule has 0 aliphatic carbocycles. The summed E-state index contributed by atoms with van der Waals surface area (Å²) in [5, 5.41) is 4.73. The molecular weight excluding hydrogens is 314 g/mol. The first-order chi connectivity index (χ1) is 12.1. The van der Waals surface area contributed by atoms with Gasteiger partial charge in [0.25, 0.3) is 0 Å². The van der Waals surface area contributed by atoms with Gasteiger partial charge in [-0.25, -0.2) is 9.50 Å². The number of hydrogen-bond donors (Lipinski definition) is 0. The van der Waals surface area contributed by atoms with E-state index in [4.69, 9.17) is 5.10 Å². The van der Waals surface area contributed by atoms with Gasteiger partial charge >= 0.3 is 0 Å². The molecule has 0 bridgehead atoms. The Bertz CT molecular complexity index is 924. The van der Waals surface area contributed by atoms with Crippen molar-refractivity contribution in [2.24, 2.45) is 0 Å². The number of carbonyl (C=O) groups is 1. The monoisotopic (exact) mass is 335 g/mol. The lowest BCUT2D eigenvalue weighted by Gasteiger charge is -2.35. The highest BCUT2D eigenvalue weighted by Crippen LogP contribution is 2.27. The number of anilines is 1. The molecule has 3 heterocycles. The summed E-state index contributed by atoms with van der Waals surface area (Å²) in [5.41, 5.74) is 4.29. The quantitative estimate of drug-likeness (QED) is 0.721. The summed E-state index contributed by atoms with van der Waals surface area (Å²) >= 11 is 0. The van der Waals surface area contributed by atoms with Crippen molar-refractivity contribution in [2.45, 2.75) is 13.8 Å². The zero-order valence-corrected chi connectivity index (χ0v) is 14.5. The molecule has 0 spiro atoms. The van der Waals surface area contributed by atoms with E-state index in [2.05, 4.69) is 35.0 Å². The minimum atomic E-state index is 0.136. The molecule has 4 rings (SSSR count). The number of benzene rings is 1. The number of hydrogen-bond acceptors (Lipinski definition) is 4. The van der Waals surface area contributed by atoms with Crippen molar-refractivity contribution >= 4 is 17.2 Å². The molecule has 128 valence electrons. The van der Waals surface area contributed by atoms with Crippen molar-refractivity contribution in [3.63, 3.8) is 0 Å². The van der Waals surface area contributed by atoms with E-state index < -0.39 is 0 Å². The van der Waals surface area contributed by atoms with Gasteiger partial charge in [-0.2, -0.15) is 5.10 Å². The smallest absolute Gasteiger partial charge is 0.219 e. The van der Waals surface area contributed by atoms with Crippen LogP contribution in [0.25, 0.3) is 16.8 Å². The van der Waals surface area contributed by atoms with Crippen LogP contribution in [0.3, 0.4) is 0 Å². The van der Waals surface area contributed by atoms with Crippen LogP contribution in [0.4, 0.5) is 5.82 Å². The Morgan fingerprint density at radius 2 is 1.88 bits per heavy atom. The van der Waals surface area contributed by atoms with Crippen molar-refractivity contribution in [3.8, 4) is 11.3 Å². The van der Waals surface area contributed by atoms with Crippen LogP contribution < -0.4 is 4.90 Å². The van der Waals surface area contributed by atoms with E-state index in [-0.39, 0.29) is 5.91 Å². The Labute approximate surface area is 146 Å². The van der Waals surface area contributed by atoms with Crippen molar-refractivity contribution in [3.05, 3.63) is 48.3 Å². The molecule has 0 atom stereocenters. The second-order valence-electron chi connectivity index (χ2n) is 6.42. The van der Waals surface area contributed by atoms with Crippen LogP contribution in [-0.2, 0) is 4.79 Å². The molecule has 0 N–H and O–H groups in total. The summed E-state index contributed by atoms with van der Waals surface area (Å²) in [6.45, 7) is 6.77. The number of piperazine rings is 1. The van der Waals surface area contributed by atoms with Gasteiger partial charge in [0.1, 0.15) is 5.52 Å². The maximum atomic E-state index is 11.5. The third-order valence-electron chi connectivity index (χ3n) is 4.82. The van der Waals surface area contributed by atoms with Gasteiger partial charge in [-0.3, -0.25) is 4.79 Å². The van der Waals surface area contributed by atoms with Crippen LogP contribution in [0, 0.1) is 6.92 Å². The topological polar surface area (TPSA) is 53.7 Å². The Kier molecular flexibility index (Phi) is 3.87. The third-order valence-corrected chi connectivity index (χ3v) is 4.82. The minimum absolute atomic E-state index is 0.136. The molecule has 1 aromatic carbocycles. The summed E-state index contributed by atoms with van der Waals surface area (Å²) in [6.07, 6.45) is 3.67. The largest absolute Gasteiger partial charge is 0.351 e. The van der Waals surface area contributed by atoms with Crippen LogP contribution in [0.15, 0.2) is 42.7 Å². The SMILES string of the molecule is CC(=O)N1CCN(c2nccn3nc(-c4ccccc4C)cc23)CC1. The number of aryl methyl sites for hydroxylation is 1. The van der Waals surface area contributed by atoms with Gasteiger partial charge in [-0.05, 0) is 18.6 Å². The van der Waals surface area contributed by atoms with E-state index in [0.717, 1.165) is 48.8 Å². The van der Waals surface area contributed by atoms with Crippen LogP contribution in [0.5, 0.6) is 0 Å². The molecule has 1 fully saturated rings. The molecule has 6 heteroatoms. The summed E-state index contributed by atoms with van der Waals surface area (Å²) in [4.78, 5) is 20.2. The lowest BCUT2D eigenvalue weighted by Crippen LogP contribution is -2.48. The highest BCUT2D eigenvalue weighted by atomic mass is 16.2. The third kappa shape index (κ3) is 2.84. The highest BCUT2D eigenvalue weighted by molar-refractivity contribution is 5.77. The summed E-state index contributed by atoms with van der Waals surface area (Å²) in [5.74, 6) is 1.06. The van der Waals surface area contributed by atoms with Gasteiger partial charge in [0.15, 0.2) is 5.82 Å². The molecule has 25 heavy (non-hydrogen) atoms. The predicted octanol–water partition coefficient (Wildman–Crippen LogP) is 2.37. The minimum Gasteiger partial charge on any atom is -0.351 e. The van der Waals surface area contributed by atoms with Gasteiger partial charge in [0.2, 0.25) is 5.91 Å². The van der Waals surface area contributed by atoms with E-state index in [9.17, 15) is 4.79 Å². The van der Waals surface area contributed by atoms with Crippen molar-refractivity contribution in [1.82, 2.24) is 19.5 Å². The average molecular weight is 335 g/mol. The molecule has 3 aromatic rings. The van der Waals surface area contributed by atoms with Crippen molar-refractivity contribution < 1.29 is 4.79 Å². The molecule has 2 aromatic heterocycles. The normalized spacial score (nSPS) is 15.0. The van der Waals surface area contributed by atoms with Crippen LogP contribution in [-0.4, -0.2) is 51.6 Å². The zero-order valence-electron chi connectivity index (χ0n) is 14.5. The Balaban J connectivity index is 1.69. The second-order valence-corrected chi connectivity index (χ2v) is 6.42. The first kappa shape index (κ1) is 15.6. The van der Waals surface area contributed by atoms with E-state index >= 15 is 0 Å². The number of rotatable bonds is 2. The first-order valence-electron chi connectivity index (χ1n) is 8.54. The fourth-order valence-corrected chi connectivity index (χ4v) is 3.38. The maximum Gasteiger partial charge on any atom is 0.219 e. The molecule has 0 unspecified atom stereocenters. The fourth-order valence-electron chi connectivity index (χ4n) is 3.38. The summed E-state index contributed by atoms with van der Waals surface area (Å²) in [7, 11) is 0. The lowest BCUT2D eigenvalue weighted by atomic mass is 10.1. The van der Waals surface area contributed by atoms with Crippen LogP contribution in [0.1, 0.15) is 12.5 Å². The van der Waals surface area contributed by atoms with Gasteiger partial charge in [0.05, 0.1) is 5.69 Å². The molecule has 1 saturated heterocycles. The molecule has 1 aliphatic rings. The average Bonchev–Trinajstić information content (AvgIpc) is 3.06. The number of amides is 1. The molecule has 0 radical (unpaired) electrons. The second kappa shape index (κ2) is 6.20. The standard InChI is InChI=1S/C19H21N5O/c1-14-5-3-4-6-16(14)17-13-18-19(20-7-8-24(18)21-17)23-11-9-22(10-12-23)15(2)25/h3-8,13H,9-12H2,1-2H3. The Morgan fingerprint density at radius 3 is 2.60 bits per heavy atom. The van der Waals surface area contributed by atoms with Crippen LogP contribution in [0.2, 0.25) is 0 Å².